The Kier molecular flexibility index (Phi) is 2.93. The van der Waals surface area contributed by atoms with Crippen LogP contribution in [0.2, 0.25) is 0 Å². The third kappa shape index (κ3) is 1.85. The van der Waals surface area contributed by atoms with Gasteiger partial charge in [0.1, 0.15) is 10.7 Å². The van der Waals surface area contributed by atoms with Crippen molar-refractivity contribution >= 4 is 44.5 Å². The van der Waals surface area contributed by atoms with Crippen molar-refractivity contribution < 1.29 is 4.79 Å². The van der Waals surface area contributed by atoms with Gasteiger partial charge in [-0.3, -0.25) is 9.78 Å². The summed E-state index contributed by atoms with van der Waals surface area (Å²) in [5.74, 6) is 0. The van der Waals surface area contributed by atoms with Crippen molar-refractivity contribution in [3.05, 3.63) is 46.0 Å². The van der Waals surface area contributed by atoms with Gasteiger partial charge in [-0.25, -0.2) is 4.98 Å². The topological polar surface area (TPSA) is 42.9 Å². The zero-order chi connectivity index (χ0) is 12.5. The molecule has 0 aliphatic heterocycles. The van der Waals surface area contributed by atoms with Gasteiger partial charge in [0.05, 0.1) is 5.52 Å². The summed E-state index contributed by atoms with van der Waals surface area (Å²) in [5.41, 5.74) is 2.30. The van der Waals surface area contributed by atoms with Gasteiger partial charge in [-0.2, -0.15) is 0 Å². The van der Waals surface area contributed by atoms with Gasteiger partial charge in [0.2, 0.25) is 0 Å². The van der Waals surface area contributed by atoms with Gasteiger partial charge in [0, 0.05) is 27.0 Å². The predicted molar refractivity (Wildman–Crippen MR) is 75.9 cm³/mol. The number of halogens is 1. The van der Waals surface area contributed by atoms with Crippen LogP contribution in [0.25, 0.3) is 21.5 Å². The minimum Gasteiger partial charge on any atom is -0.296 e. The van der Waals surface area contributed by atoms with E-state index in [9.17, 15) is 4.79 Å². The van der Waals surface area contributed by atoms with Crippen molar-refractivity contribution in [2.45, 2.75) is 0 Å². The molecule has 18 heavy (non-hydrogen) atoms. The van der Waals surface area contributed by atoms with Crippen molar-refractivity contribution in [1.82, 2.24) is 9.97 Å². The summed E-state index contributed by atoms with van der Waals surface area (Å²) in [4.78, 5) is 19.4. The fraction of sp³-hybridized carbons (Fsp3) is 0. The molecule has 2 aromatic heterocycles. The van der Waals surface area contributed by atoms with Crippen LogP contribution in [-0.4, -0.2) is 16.3 Å². The molecule has 0 fully saturated rings. The summed E-state index contributed by atoms with van der Waals surface area (Å²) < 4.78 is 1.00. The molecular weight excluding hydrogens is 312 g/mol. The molecule has 3 nitrogen and oxygen atoms in total. The van der Waals surface area contributed by atoms with E-state index in [1.54, 1.807) is 11.6 Å². The van der Waals surface area contributed by atoms with Gasteiger partial charge in [-0.05, 0) is 18.2 Å². The second-order valence-electron chi connectivity index (χ2n) is 3.69. The van der Waals surface area contributed by atoms with E-state index in [-0.39, 0.29) is 0 Å². The molecule has 0 unspecified atom stereocenters. The lowest BCUT2D eigenvalue weighted by Gasteiger charge is -2.04. The number of aldehydes is 1. The first-order valence-electron chi connectivity index (χ1n) is 5.24. The Balaban J connectivity index is 2.29. The van der Waals surface area contributed by atoms with E-state index in [4.69, 9.17) is 0 Å². The first-order valence-corrected chi connectivity index (χ1v) is 6.91. The van der Waals surface area contributed by atoms with Gasteiger partial charge in [0.25, 0.3) is 0 Å². The van der Waals surface area contributed by atoms with E-state index in [0.717, 1.165) is 32.2 Å². The fourth-order valence-electron chi connectivity index (χ4n) is 1.77. The SMILES string of the molecule is O=Cc1csc(-c2ccc(Br)c3cccnc23)n1. The number of fused-ring (bicyclic) bond motifs is 1. The molecule has 88 valence electrons. The molecule has 0 aliphatic rings. The molecule has 0 atom stereocenters. The van der Waals surface area contributed by atoms with Crippen molar-refractivity contribution in [3.63, 3.8) is 0 Å². The molecule has 5 heteroatoms. The molecule has 0 radical (unpaired) electrons. The van der Waals surface area contributed by atoms with Crippen LogP contribution in [0.3, 0.4) is 0 Å². The highest BCUT2D eigenvalue weighted by Gasteiger charge is 2.10. The van der Waals surface area contributed by atoms with Gasteiger partial charge in [-0.15, -0.1) is 11.3 Å². The molecule has 3 rings (SSSR count). The first kappa shape index (κ1) is 11.5. The fourth-order valence-corrected chi connectivity index (χ4v) is 3.02. The minimum atomic E-state index is 0.460. The molecule has 3 aromatic rings. The number of carbonyl (C=O) groups is 1. The van der Waals surface area contributed by atoms with Gasteiger partial charge in [0.15, 0.2) is 6.29 Å². The largest absolute Gasteiger partial charge is 0.296 e. The summed E-state index contributed by atoms with van der Waals surface area (Å²) in [5, 5.41) is 3.60. The Morgan fingerprint density at radius 2 is 2.17 bits per heavy atom. The van der Waals surface area contributed by atoms with Crippen LogP contribution < -0.4 is 0 Å². The zero-order valence-electron chi connectivity index (χ0n) is 9.13. The zero-order valence-corrected chi connectivity index (χ0v) is 11.5. The monoisotopic (exact) mass is 318 g/mol. The Labute approximate surface area is 116 Å². The molecule has 0 spiro atoms. The Morgan fingerprint density at radius 3 is 2.94 bits per heavy atom. The number of hydrogen-bond acceptors (Lipinski definition) is 4. The van der Waals surface area contributed by atoms with Crippen LogP contribution in [0.15, 0.2) is 40.3 Å². The number of aromatic nitrogens is 2. The molecular formula is C13H7BrN2OS. The number of rotatable bonds is 2. The van der Waals surface area contributed by atoms with Gasteiger partial charge in [-0.1, -0.05) is 22.0 Å². The van der Waals surface area contributed by atoms with Gasteiger partial charge >= 0.3 is 0 Å². The maximum atomic E-state index is 10.7. The van der Waals surface area contributed by atoms with Crippen LogP contribution >= 0.6 is 27.3 Å². The van der Waals surface area contributed by atoms with E-state index >= 15 is 0 Å². The quantitative estimate of drug-likeness (QED) is 0.672. The second kappa shape index (κ2) is 4.59. The minimum absolute atomic E-state index is 0.460. The van der Waals surface area contributed by atoms with Crippen molar-refractivity contribution in [2.75, 3.05) is 0 Å². The van der Waals surface area contributed by atoms with E-state index in [1.165, 1.54) is 11.3 Å². The number of carbonyl (C=O) groups excluding carboxylic acids is 1. The molecule has 0 saturated heterocycles. The van der Waals surface area contributed by atoms with Crippen LogP contribution in [0.4, 0.5) is 0 Å². The highest BCUT2D eigenvalue weighted by Crippen LogP contribution is 2.33. The summed E-state index contributed by atoms with van der Waals surface area (Å²) in [7, 11) is 0. The Bertz CT molecular complexity index is 739. The van der Waals surface area contributed by atoms with Crippen molar-refractivity contribution in [3.8, 4) is 10.6 Å². The van der Waals surface area contributed by atoms with Crippen LogP contribution in [0, 0.1) is 0 Å². The molecule has 1 aromatic carbocycles. The van der Waals surface area contributed by atoms with E-state index in [0.29, 0.717) is 5.69 Å². The first-order chi connectivity index (χ1) is 8.79. The average molecular weight is 319 g/mol. The average Bonchev–Trinajstić information content (AvgIpc) is 2.88. The third-order valence-electron chi connectivity index (χ3n) is 2.59. The molecule has 0 N–H and O–H groups in total. The Hall–Kier alpha value is -1.59. The number of benzene rings is 1. The lowest BCUT2D eigenvalue weighted by atomic mass is 10.1. The highest BCUT2D eigenvalue weighted by molar-refractivity contribution is 9.10. The smallest absolute Gasteiger partial charge is 0.169 e. The molecule has 0 aliphatic carbocycles. The standard InChI is InChI=1S/C13H7BrN2OS/c14-11-4-3-10(12-9(11)2-1-5-15-12)13-16-8(6-17)7-18-13/h1-7H. The van der Waals surface area contributed by atoms with Crippen molar-refractivity contribution in [1.29, 1.82) is 0 Å². The maximum absolute atomic E-state index is 10.7. The summed E-state index contributed by atoms with van der Waals surface area (Å²) in [6.07, 6.45) is 2.51. The Morgan fingerprint density at radius 1 is 1.28 bits per heavy atom. The van der Waals surface area contributed by atoms with E-state index < -0.39 is 0 Å². The predicted octanol–water partition coefficient (Wildman–Crippen LogP) is 3.93. The van der Waals surface area contributed by atoms with E-state index in [2.05, 4.69) is 25.9 Å². The van der Waals surface area contributed by atoms with E-state index in [1.807, 2.05) is 24.3 Å². The lowest BCUT2D eigenvalue weighted by Crippen LogP contribution is -1.86. The number of hydrogen-bond donors (Lipinski definition) is 0. The third-order valence-corrected chi connectivity index (χ3v) is 4.17. The summed E-state index contributed by atoms with van der Waals surface area (Å²) in [6, 6.07) is 7.84. The summed E-state index contributed by atoms with van der Waals surface area (Å²) in [6.45, 7) is 0. The summed E-state index contributed by atoms with van der Waals surface area (Å²) >= 11 is 4.96. The number of nitrogens with zero attached hydrogens (tertiary/aromatic N) is 2. The molecule has 2 heterocycles. The van der Waals surface area contributed by atoms with Crippen LogP contribution in [-0.2, 0) is 0 Å². The van der Waals surface area contributed by atoms with Crippen LogP contribution in [0.1, 0.15) is 10.5 Å². The number of pyridine rings is 1. The van der Waals surface area contributed by atoms with Crippen LogP contribution in [0.5, 0.6) is 0 Å². The molecule has 0 saturated carbocycles. The van der Waals surface area contributed by atoms with Gasteiger partial charge < -0.3 is 0 Å². The highest BCUT2D eigenvalue weighted by atomic mass is 79.9. The molecule has 0 amide bonds. The molecule has 0 bridgehead atoms. The maximum Gasteiger partial charge on any atom is 0.169 e. The number of thiazole rings is 1. The normalized spacial score (nSPS) is 10.7. The van der Waals surface area contributed by atoms with Crippen molar-refractivity contribution in [2.24, 2.45) is 0 Å². The lowest BCUT2D eigenvalue weighted by molar-refractivity contribution is 0.111. The second-order valence-corrected chi connectivity index (χ2v) is 5.40.